The zero-order valence-corrected chi connectivity index (χ0v) is 78.9. The first kappa shape index (κ1) is 137. The number of rotatable bonds is 26. The summed E-state index contributed by atoms with van der Waals surface area (Å²) in [4.78, 5) is 141. The van der Waals surface area contributed by atoms with Gasteiger partial charge in [0.2, 0.25) is 34.8 Å². The molecule has 0 aliphatic carbocycles. The molecule has 0 saturated carbocycles. The molecule has 10 aliphatic rings. The van der Waals surface area contributed by atoms with Gasteiger partial charge in [0.25, 0.3) is 5.56 Å². The normalized spacial score (nSPS) is 17.1. The van der Waals surface area contributed by atoms with Gasteiger partial charge in [0, 0.05) is 141 Å². The summed E-state index contributed by atoms with van der Waals surface area (Å²) in [5.74, 6) is -0.212. The van der Waals surface area contributed by atoms with E-state index in [1.165, 1.54) is 12.2 Å². The maximum absolute atomic E-state index is 12.7. The van der Waals surface area contributed by atoms with Crippen molar-refractivity contribution in [3.8, 4) is 0 Å². The standard InChI is InChI=1S/C15H15BrN2O2.C10H15NO5.C10H19NO3.C8H13NO5.C8H13NO2.C7H10O3.C6H9NO4.C6H13O3P.C3H4O2.C2H4.CH3NO2.4CH4.CH3.Cl2OS.H3N.H2O.Pd.H2/c16-10-3-4-11-12(6-10)17-13-2-1-5-15(8-20-9-15)7-18(13)14(11)19;1-2-16-9(12)4-3-5-10(6-11(13)14)7-15-8-10;1-2-14-9(12)4-3-5-10(6-11)7-13-8-10;1-2-14-7(10)3-8(4-9(11)12)5-13-6-8;10-7-2-1-3-8(4-9-7)5-11-6-8;1-2-10-7(8)3-6-4-9-5-6;8-2-1-6(3-7(9)10)4-11-5-6;1-4-9-6(7)5-10(2,3)8;4-3-1-5-2-3;1-2;1-2(3)4;;;;;;1-4(2)3;;;;/h3-4,6H,1-2,5,7-9H2;3-4H,2,5-8H2,1H3;2-8,11H2,1H3;2-6H2,1H3;1-6H2,(H,9,10);3H,2,4-5H2,1H3;2H,1,3-5H2;4-5H2,1-3H3;1-2H2;1-2H2;1H3;4*1H4;1H3;;1H3;1H2;;1H/q;;;;;;;;;;;;;;;-1;;;;;/b;4-3+;;;;;;;;;;;;;;;;;;;. The Morgan fingerprint density at radius 3 is 1.45 bits per heavy atom. The minimum absolute atomic E-state index is 0. The van der Waals surface area contributed by atoms with Crippen LogP contribution in [0.4, 0.5) is 0 Å². The van der Waals surface area contributed by atoms with Crippen LogP contribution in [0.15, 0.2) is 64.4 Å². The van der Waals surface area contributed by atoms with E-state index in [0.717, 1.165) is 126 Å². The number of carbonyl (C=O) groups is 8. The second kappa shape index (κ2) is 73.5. The summed E-state index contributed by atoms with van der Waals surface area (Å²) < 4.78 is 86.2. The van der Waals surface area contributed by atoms with Crippen molar-refractivity contribution in [1.82, 2.24) is 21.0 Å². The van der Waals surface area contributed by atoms with E-state index >= 15 is 0 Å². The molecule has 1 aromatic heterocycles. The van der Waals surface area contributed by atoms with Crippen molar-refractivity contribution in [1.29, 1.82) is 0 Å². The number of allylic oxidation sites excluding steroid dienone is 1. The van der Waals surface area contributed by atoms with Gasteiger partial charge in [0.15, 0.2) is 12.8 Å². The molecule has 9 saturated heterocycles. The van der Waals surface area contributed by atoms with Crippen LogP contribution < -0.4 is 22.8 Å². The van der Waals surface area contributed by atoms with Crippen molar-refractivity contribution < 1.29 is 156 Å². The number of ketones is 1. The van der Waals surface area contributed by atoms with Gasteiger partial charge >= 0.3 is 29.8 Å². The third-order valence-electron chi connectivity index (χ3n) is 18.4. The summed E-state index contributed by atoms with van der Waals surface area (Å²) in [5.41, 5.74) is 6.60. The molecule has 42 nitrogen and oxygen atoms in total. The van der Waals surface area contributed by atoms with Crippen LogP contribution in [0.3, 0.4) is 0 Å². The Morgan fingerprint density at radius 1 is 0.659 bits per heavy atom. The number of nitrogens with two attached hydrogens (primary N) is 1. The second-order valence-corrected chi connectivity index (χ2v) is 36.7. The van der Waals surface area contributed by atoms with Gasteiger partial charge in [-0.3, -0.25) is 73.8 Å². The van der Waals surface area contributed by atoms with Crippen molar-refractivity contribution >= 4 is 112 Å². The number of hydrogen-bond acceptors (Lipinski definition) is 35. The van der Waals surface area contributed by atoms with E-state index in [1.807, 2.05) is 29.7 Å². The van der Waals surface area contributed by atoms with Crippen molar-refractivity contribution in [2.75, 3.05) is 198 Å². The molecule has 0 unspecified atom stereocenters. The van der Waals surface area contributed by atoms with Crippen LogP contribution in [-0.4, -0.2) is 285 Å². The Labute approximate surface area is 792 Å². The first-order valence-electron chi connectivity index (χ1n) is 38.8. The molecule has 1 amide bonds. The van der Waals surface area contributed by atoms with Gasteiger partial charge in [-0.1, -0.05) is 51.7 Å². The number of amides is 1. The predicted octanol–water partition coefficient (Wildman–Crippen LogP) is 9.98. The molecule has 10 aliphatic heterocycles. The van der Waals surface area contributed by atoms with Gasteiger partial charge in [0.05, 0.1) is 172 Å². The first-order chi connectivity index (χ1) is 57.2. The van der Waals surface area contributed by atoms with E-state index in [1.54, 1.807) is 47.1 Å². The molecule has 2 aromatic rings. The fourth-order valence-corrected chi connectivity index (χ4v) is 13.1. The van der Waals surface area contributed by atoms with Gasteiger partial charge in [-0.05, 0) is 117 Å². The molecule has 754 valence electrons. The quantitative estimate of drug-likeness (QED) is 0.00673. The summed E-state index contributed by atoms with van der Waals surface area (Å²) in [5, 5.41) is 43.3. The molecular weight excluding hydrogens is 1950 g/mol. The number of aromatic nitrogens is 2. The monoisotopic (exact) mass is 2090 g/mol. The summed E-state index contributed by atoms with van der Waals surface area (Å²) in [6, 6.07) is 5.68. The number of benzene rings is 1. The third kappa shape index (κ3) is 57.9. The molecule has 2 spiro atoms. The summed E-state index contributed by atoms with van der Waals surface area (Å²) in [6.45, 7) is 30.0. The Morgan fingerprint density at radius 2 is 1.07 bits per heavy atom. The number of nitro groups is 4. The van der Waals surface area contributed by atoms with Crippen LogP contribution >= 0.6 is 44.4 Å². The number of nitrogens with one attached hydrogen (secondary N) is 1. The molecule has 48 heteroatoms. The zero-order valence-electron chi connectivity index (χ0n) is 72.6. The van der Waals surface area contributed by atoms with Gasteiger partial charge in [-0.25, -0.2) is 18.8 Å². The topological polar surface area (TPSA) is 603 Å². The van der Waals surface area contributed by atoms with E-state index in [4.69, 9.17) is 72.4 Å². The van der Waals surface area contributed by atoms with Crippen molar-refractivity contribution in [3.05, 3.63) is 124 Å². The smallest absolute Gasteiger partial charge is 0.330 e. The minimum atomic E-state index is -2.23. The molecule has 11 heterocycles. The van der Waals surface area contributed by atoms with Gasteiger partial charge in [0.1, 0.15) is 25.3 Å². The van der Waals surface area contributed by atoms with Gasteiger partial charge in [-0.15, -0.1) is 13.2 Å². The fraction of sp³-hybridized carbons (Fsp3) is 0.716. The van der Waals surface area contributed by atoms with Crippen LogP contribution in [-0.2, 0) is 147 Å². The number of aryl methyl sites for hydroxylation is 1. The summed E-state index contributed by atoms with van der Waals surface area (Å²) >= 11 is 3.44. The fourth-order valence-electron chi connectivity index (χ4n) is 12.0. The number of Topliss-reactive ketones (excluding diaryl/α,β-unsaturated/α-hetero) is 1. The Hall–Kier alpha value is -7.00. The SMILES string of the molecule is C.C.C.C.C=C.CCOC(=O)/C=C/CC1(C[N+](=O)[O-])COC1.CCOC(=O)C=C1COC1.CCOC(=O)CC1(C[N+](=O)[O-])COC1.CCOC(=O)CCCC1(CN)COC1.CCOC(=O)CP(C)(C)=O.C[N+](=O)[O-].N.O.O=C1CCCC2(CN1)COC2.O=C1COC1.O=CCC1(C[N+](=O)[O-])COC1.O=S(Cl)Cl.O=c1c2ccc(Br)cc2nc2n1CC1(CCC2)COC1.[CH3-].[HH].[Pd]. The molecule has 0 bridgehead atoms. The predicted molar refractivity (Wildman–Crippen MR) is 491 cm³/mol. The molecule has 129 heavy (non-hydrogen) atoms. The summed E-state index contributed by atoms with van der Waals surface area (Å²) in [7, 11) is 6.02. The number of aldehydes is 1. The average Bonchev–Trinajstić information content (AvgIpc) is 1.48. The first-order valence-corrected chi connectivity index (χ1v) is 45.2. The summed E-state index contributed by atoms with van der Waals surface area (Å²) in [6.07, 6.45) is 14.2. The zero-order chi connectivity index (χ0) is 91.3. The number of nitrogens with zero attached hydrogens (tertiary/aromatic N) is 6. The van der Waals surface area contributed by atoms with E-state index in [2.05, 4.69) is 70.0 Å². The number of carbonyl (C=O) groups excluding carboxylic acids is 8. The van der Waals surface area contributed by atoms with Crippen molar-refractivity contribution in [2.24, 2.45) is 38.2 Å². The van der Waals surface area contributed by atoms with Gasteiger partial charge in [-0.2, -0.15) is 0 Å². The number of halogens is 3. The molecule has 12 rings (SSSR count). The van der Waals surface area contributed by atoms with Crippen LogP contribution in [0, 0.1) is 80.4 Å². The number of fused-ring (bicyclic) bond motifs is 2. The van der Waals surface area contributed by atoms with E-state index in [9.17, 15) is 78.1 Å². The second-order valence-electron chi connectivity index (χ2n) is 29.8. The van der Waals surface area contributed by atoms with E-state index in [-0.39, 0.29) is 173 Å². The minimum Gasteiger partial charge on any atom is -0.466 e. The molecule has 8 N–H and O–H groups in total. The van der Waals surface area contributed by atoms with E-state index < -0.39 is 59.3 Å². The third-order valence-corrected chi connectivity index (χ3v) is 20.0. The van der Waals surface area contributed by atoms with E-state index in [0.29, 0.717) is 129 Å². The Balaban J connectivity index is -0.000000179. The Kier molecular flexibility index (Phi) is 78.3. The van der Waals surface area contributed by atoms with Crippen LogP contribution in [0.1, 0.15) is 142 Å². The van der Waals surface area contributed by atoms with Crippen LogP contribution in [0.2, 0.25) is 0 Å². The maximum atomic E-state index is 12.7. The van der Waals surface area contributed by atoms with Crippen molar-refractivity contribution in [3.63, 3.8) is 0 Å². The largest absolute Gasteiger partial charge is 0.466 e. The Bertz CT molecular complexity index is 3820. The average molecular weight is 2090 g/mol. The maximum Gasteiger partial charge on any atom is 0.330 e. The van der Waals surface area contributed by atoms with Crippen molar-refractivity contribution in [2.45, 2.75) is 148 Å². The molecule has 0 radical (unpaired) electrons. The molecule has 9 fully saturated rings. The number of esters is 5. The molecule has 1 aromatic carbocycles. The van der Waals surface area contributed by atoms with Crippen LogP contribution in [0.25, 0.3) is 10.9 Å². The number of ether oxygens (including phenoxy) is 13. The molecule has 0 atom stereocenters. The van der Waals surface area contributed by atoms with Crippen LogP contribution in [0.5, 0.6) is 0 Å². The molecular formula is C81H144BrCl2N9O33PPdS-. The number of hydrogen-bond donors (Lipinski definition) is 3. The van der Waals surface area contributed by atoms with Gasteiger partial charge < -0.3 is 101 Å².